The average Bonchev–Trinajstić information content (AvgIpc) is 2.81. The number of benzene rings is 1. The van der Waals surface area contributed by atoms with Crippen LogP contribution in [0.4, 0.5) is 14.5 Å². The van der Waals surface area contributed by atoms with E-state index in [0.29, 0.717) is 12.6 Å². The highest BCUT2D eigenvalue weighted by Gasteiger charge is 2.23. The minimum absolute atomic E-state index is 0.0424. The van der Waals surface area contributed by atoms with Gasteiger partial charge in [-0.3, -0.25) is 0 Å². The number of rotatable bonds is 4. The van der Waals surface area contributed by atoms with Crippen LogP contribution in [0.2, 0.25) is 0 Å². The lowest BCUT2D eigenvalue weighted by molar-refractivity contribution is 0.00537. The molecule has 108 valence electrons. The number of ether oxygens (including phenoxy) is 1. The molecule has 0 atom stereocenters. The molecule has 0 fully saturated rings. The number of methoxy groups -OCH3 is 1. The van der Waals surface area contributed by atoms with Crippen LogP contribution in [0.1, 0.15) is 13.8 Å². The monoisotopic (exact) mass is 283 g/mol. The Morgan fingerprint density at radius 1 is 1.30 bits per heavy atom. The van der Waals surface area contributed by atoms with Gasteiger partial charge >= 0.3 is 0 Å². The lowest BCUT2D eigenvalue weighted by Gasteiger charge is -2.22. The summed E-state index contributed by atoms with van der Waals surface area (Å²) in [5.74, 6) is -1.43. The minimum atomic E-state index is -0.817. The maximum atomic E-state index is 13.9. The molecule has 20 heavy (non-hydrogen) atoms. The molecule has 0 aliphatic carbocycles. The molecule has 0 saturated heterocycles. The second-order valence-corrected chi connectivity index (χ2v) is 4.98. The van der Waals surface area contributed by atoms with Crippen molar-refractivity contribution < 1.29 is 13.5 Å². The Morgan fingerprint density at radius 3 is 2.65 bits per heavy atom. The molecule has 1 heterocycles. The third-order valence-electron chi connectivity index (χ3n) is 2.94. The van der Waals surface area contributed by atoms with E-state index in [0.717, 1.165) is 0 Å². The highest BCUT2D eigenvalue weighted by atomic mass is 19.1. The average molecular weight is 283 g/mol. The number of nitrogens with two attached hydrogens (primary N) is 1. The van der Waals surface area contributed by atoms with Gasteiger partial charge in [0, 0.05) is 13.2 Å². The van der Waals surface area contributed by atoms with Crippen LogP contribution < -0.4 is 5.73 Å². The van der Waals surface area contributed by atoms with Crippen LogP contribution in [-0.4, -0.2) is 32.9 Å². The highest BCUT2D eigenvalue weighted by Crippen LogP contribution is 2.25. The van der Waals surface area contributed by atoms with Gasteiger partial charge in [-0.2, -0.15) is 0 Å². The molecule has 0 spiro atoms. The molecule has 0 radical (unpaired) electrons. The SMILES string of the molecule is COC(C)(C)Cn1nnnc1-c1cc(N)c(F)cc1F. The quantitative estimate of drug-likeness (QED) is 0.863. The van der Waals surface area contributed by atoms with Crippen molar-refractivity contribution in [3.63, 3.8) is 0 Å². The molecular weight excluding hydrogens is 268 g/mol. The van der Waals surface area contributed by atoms with Gasteiger partial charge in [0.05, 0.1) is 23.4 Å². The summed E-state index contributed by atoms with van der Waals surface area (Å²) in [4.78, 5) is 0. The number of hydrogen-bond acceptors (Lipinski definition) is 5. The molecule has 0 unspecified atom stereocenters. The van der Waals surface area contributed by atoms with E-state index in [1.807, 2.05) is 13.8 Å². The van der Waals surface area contributed by atoms with E-state index < -0.39 is 17.2 Å². The number of nitrogen functional groups attached to an aromatic ring is 1. The van der Waals surface area contributed by atoms with Gasteiger partial charge < -0.3 is 10.5 Å². The third-order valence-corrected chi connectivity index (χ3v) is 2.94. The fourth-order valence-electron chi connectivity index (χ4n) is 1.67. The molecule has 0 aliphatic heterocycles. The molecule has 0 aliphatic rings. The Balaban J connectivity index is 2.45. The summed E-state index contributed by atoms with van der Waals surface area (Å²) in [6.07, 6.45) is 0. The molecule has 0 amide bonds. The number of tetrazole rings is 1. The Bertz CT molecular complexity index is 626. The predicted molar refractivity (Wildman–Crippen MR) is 68.7 cm³/mol. The van der Waals surface area contributed by atoms with Crippen LogP contribution in [0.15, 0.2) is 12.1 Å². The minimum Gasteiger partial charge on any atom is -0.396 e. The zero-order chi connectivity index (χ0) is 14.9. The summed E-state index contributed by atoms with van der Waals surface area (Å²) in [5.41, 5.74) is 4.80. The van der Waals surface area contributed by atoms with Crippen LogP contribution in [-0.2, 0) is 11.3 Å². The number of hydrogen-bond donors (Lipinski definition) is 1. The van der Waals surface area contributed by atoms with Crippen LogP contribution >= 0.6 is 0 Å². The zero-order valence-corrected chi connectivity index (χ0v) is 11.4. The van der Waals surface area contributed by atoms with Gasteiger partial charge in [-0.1, -0.05) is 0 Å². The molecule has 2 aromatic rings. The first kappa shape index (κ1) is 14.3. The topological polar surface area (TPSA) is 78.8 Å². The van der Waals surface area contributed by atoms with Gasteiger partial charge in [0.1, 0.15) is 11.6 Å². The molecule has 0 bridgehead atoms. The summed E-state index contributed by atoms with van der Waals surface area (Å²) in [6, 6.07) is 1.89. The van der Waals surface area contributed by atoms with Crippen LogP contribution in [0.25, 0.3) is 11.4 Å². The second kappa shape index (κ2) is 5.12. The largest absolute Gasteiger partial charge is 0.396 e. The third kappa shape index (κ3) is 2.74. The zero-order valence-electron chi connectivity index (χ0n) is 11.4. The second-order valence-electron chi connectivity index (χ2n) is 4.98. The molecule has 8 heteroatoms. The van der Waals surface area contributed by atoms with Crippen LogP contribution in [0.3, 0.4) is 0 Å². The van der Waals surface area contributed by atoms with Crippen molar-refractivity contribution in [3.05, 3.63) is 23.8 Å². The summed E-state index contributed by atoms with van der Waals surface area (Å²) < 4.78 is 33.7. The molecule has 0 saturated carbocycles. The smallest absolute Gasteiger partial charge is 0.185 e. The van der Waals surface area contributed by atoms with Crippen molar-refractivity contribution in [2.75, 3.05) is 12.8 Å². The van der Waals surface area contributed by atoms with Gasteiger partial charge in [0.2, 0.25) is 0 Å². The predicted octanol–water partition coefficient (Wildman–Crippen LogP) is 1.63. The number of anilines is 1. The first-order chi connectivity index (χ1) is 9.34. The summed E-state index contributed by atoms with van der Waals surface area (Å²) >= 11 is 0. The highest BCUT2D eigenvalue weighted by molar-refractivity contribution is 5.62. The van der Waals surface area contributed by atoms with Gasteiger partial charge in [0.15, 0.2) is 5.82 Å². The van der Waals surface area contributed by atoms with E-state index in [2.05, 4.69) is 15.5 Å². The van der Waals surface area contributed by atoms with Gasteiger partial charge in [-0.05, 0) is 30.3 Å². The summed E-state index contributed by atoms with van der Waals surface area (Å²) in [5, 5.41) is 11.1. The van der Waals surface area contributed by atoms with Crippen molar-refractivity contribution in [2.45, 2.75) is 26.0 Å². The summed E-state index contributed by atoms with van der Waals surface area (Å²) in [6.45, 7) is 3.99. The molecular formula is C12H15F2N5O. The van der Waals surface area contributed by atoms with E-state index >= 15 is 0 Å². The van der Waals surface area contributed by atoms with Crippen molar-refractivity contribution in [2.24, 2.45) is 0 Å². The van der Waals surface area contributed by atoms with Gasteiger partial charge in [0.25, 0.3) is 0 Å². The van der Waals surface area contributed by atoms with Crippen molar-refractivity contribution in [1.29, 1.82) is 0 Å². The van der Waals surface area contributed by atoms with E-state index in [1.54, 1.807) is 7.11 Å². The Morgan fingerprint density at radius 2 is 2.00 bits per heavy atom. The lowest BCUT2D eigenvalue weighted by atomic mass is 10.1. The standard InChI is InChI=1S/C12H15F2N5O/c1-12(2,20-3)6-19-11(16-17-18-19)7-4-10(15)9(14)5-8(7)13/h4-5H,6,15H2,1-3H3. The van der Waals surface area contributed by atoms with Crippen molar-refractivity contribution in [1.82, 2.24) is 20.2 Å². The molecule has 2 rings (SSSR count). The molecule has 6 nitrogen and oxygen atoms in total. The number of aromatic nitrogens is 4. The normalized spacial score (nSPS) is 11.8. The van der Waals surface area contributed by atoms with Crippen LogP contribution in [0.5, 0.6) is 0 Å². The Hall–Kier alpha value is -2.09. The number of halogens is 2. The first-order valence-electron chi connectivity index (χ1n) is 5.90. The number of nitrogens with zero attached hydrogens (tertiary/aromatic N) is 4. The van der Waals surface area contributed by atoms with Gasteiger partial charge in [-0.15, -0.1) is 5.10 Å². The molecule has 1 aromatic heterocycles. The summed E-state index contributed by atoms with van der Waals surface area (Å²) in [7, 11) is 1.56. The Kier molecular flexibility index (Phi) is 3.67. The van der Waals surface area contributed by atoms with E-state index in [9.17, 15) is 8.78 Å². The first-order valence-corrected chi connectivity index (χ1v) is 5.90. The van der Waals surface area contributed by atoms with E-state index in [-0.39, 0.29) is 17.1 Å². The lowest BCUT2D eigenvalue weighted by Crippen LogP contribution is -2.30. The van der Waals surface area contributed by atoms with E-state index in [1.165, 1.54) is 10.7 Å². The molecule has 1 aromatic carbocycles. The maximum absolute atomic E-state index is 13.9. The van der Waals surface area contributed by atoms with E-state index in [4.69, 9.17) is 10.5 Å². The molecule has 2 N–H and O–H groups in total. The Labute approximate surface area is 114 Å². The fraction of sp³-hybridized carbons (Fsp3) is 0.417. The van der Waals surface area contributed by atoms with Crippen LogP contribution in [0, 0.1) is 11.6 Å². The maximum Gasteiger partial charge on any atom is 0.185 e. The fourth-order valence-corrected chi connectivity index (χ4v) is 1.67. The van der Waals surface area contributed by atoms with Crippen molar-refractivity contribution >= 4 is 5.69 Å². The van der Waals surface area contributed by atoms with Crippen molar-refractivity contribution in [3.8, 4) is 11.4 Å². The van der Waals surface area contributed by atoms with Gasteiger partial charge in [-0.25, -0.2) is 13.5 Å².